The van der Waals surface area contributed by atoms with Gasteiger partial charge in [0.15, 0.2) is 0 Å². The van der Waals surface area contributed by atoms with Crippen LogP contribution in [0.5, 0.6) is 0 Å². The number of nitriles is 1. The lowest BCUT2D eigenvalue weighted by Gasteiger charge is -2.49. The Bertz CT molecular complexity index is 433. The molecule has 76 valence electrons. The van der Waals surface area contributed by atoms with E-state index in [0.29, 0.717) is 17.3 Å². The molecule has 0 saturated carbocycles. The number of hydrogen-bond donors (Lipinski definition) is 0. The van der Waals surface area contributed by atoms with Crippen LogP contribution in [-0.2, 0) is 5.34 Å². The molecule has 0 aliphatic carbocycles. The highest BCUT2D eigenvalue weighted by atomic mass is 15.2. The Morgan fingerprint density at radius 3 is 2.75 bits per heavy atom. The number of likely N-dealkylation sites (tertiary alicyclic amines) is 1. The summed E-state index contributed by atoms with van der Waals surface area (Å²) in [4.78, 5) is 6.10. The van der Waals surface area contributed by atoms with Gasteiger partial charge in [0, 0.05) is 18.8 Å². The van der Waals surface area contributed by atoms with Crippen molar-refractivity contribution in [3.8, 4) is 6.07 Å². The number of aromatic nitrogens is 1. The molecular formula is C11H11B2N3. The maximum atomic E-state index is 8.77. The highest BCUT2D eigenvalue weighted by Gasteiger charge is 2.36. The van der Waals surface area contributed by atoms with Crippen LogP contribution in [-0.4, -0.2) is 38.7 Å². The molecule has 1 saturated heterocycles. The van der Waals surface area contributed by atoms with E-state index in [1.54, 1.807) is 18.2 Å². The lowest BCUT2D eigenvalue weighted by atomic mass is 9.57. The molecular weight excluding hydrogens is 196 g/mol. The van der Waals surface area contributed by atoms with E-state index in [1.807, 2.05) is 11.0 Å². The lowest BCUT2D eigenvalue weighted by Crippen LogP contribution is -2.58. The molecule has 1 fully saturated rings. The van der Waals surface area contributed by atoms with Gasteiger partial charge in [-0.1, -0.05) is 13.0 Å². The summed E-state index contributed by atoms with van der Waals surface area (Å²) in [6.45, 7) is 3.88. The van der Waals surface area contributed by atoms with Gasteiger partial charge in [-0.15, -0.1) is 0 Å². The minimum Gasteiger partial charge on any atom is -0.308 e. The summed E-state index contributed by atoms with van der Waals surface area (Å²) in [5.74, 6) is 0.616. The molecule has 0 atom stereocenters. The lowest BCUT2D eigenvalue weighted by molar-refractivity contribution is 0.0749. The molecule has 1 aromatic heterocycles. The van der Waals surface area contributed by atoms with Crippen molar-refractivity contribution in [1.29, 1.82) is 5.26 Å². The predicted octanol–water partition coefficient (Wildman–Crippen LogP) is 0.352. The maximum absolute atomic E-state index is 8.77. The summed E-state index contributed by atoms with van der Waals surface area (Å²) in [6.07, 6.45) is 0. The van der Waals surface area contributed by atoms with E-state index in [9.17, 15) is 0 Å². The topological polar surface area (TPSA) is 39.9 Å². The molecule has 0 amide bonds. The van der Waals surface area contributed by atoms with Crippen molar-refractivity contribution in [2.45, 2.75) is 12.3 Å². The first kappa shape index (κ1) is 11.2. The fourth-order valence-electron chi connectivity index (χ4n) is 1.88. The SMILES string of the molecule is [B]C([B])(c1cccc(C#N)n1)N1CC(C)C1. The Labute approximate surface area is 98.3 Å². The summed E-state index contributed by atoms with van der Waals surface area (Å²) in [5.41, 5.74) is 0.879. The molecule has 0 aromatic carbocycles. The van der Waals surface area contributed by atoms with Gasteiger partial charge in [-0.2, -0.15) is 5.26 Å². The van der Waals surface area contributed by atoms with E-state index in [2.05, 4.69) is 11.9 Å². The van der Waals surface area contributed by atoms with Crippen molar-refractivity contribution >= 4 is 15.7 Å². The number of hydrogen-bond acceptors (Lipinski definition) is 3. The van der Waals surface area contributed by atoms with Crippen LogP contribution in [0.3, 0.4) is 0 Å². The molecule has 1 aromatic rings. The summed E-state index contributed by atoms with van der Waals surface area (Å²) in [5, 5.41) is 7.70. The zero-order valence-corrected chi connectivity index (χ0v) is 9.22. The number of rotatable bonds is 2. The molecule has 5 heteroatoms. The van der Waals surface area contributed by atoms with Gasteiger partial charge in [0.1, 0.15) is 11.8 Å². The fourth-order valence-corrected chi connectivity index (χ4v) is 1.88. The molecule has 3 nitrogen and oxygen atoms in total. The van der Waals surface area contributed by atoms with Crippen molar-refractivity contribution in [3.63, 3.8) is 0 Å². The van der Waals surface area contributed by atoms with Crippen LogP contribution in [0.2, 0.25) is 0 Å². The van der Waals surface area contributed by atoms with Gasteiger partial charge in [-0.25, -0.2) is 4.98 Å². The fraction of sp³-hybridized carbons (Fsp3) is 0.455. The third-order valence-corrected chi connectivity index (χ3v) is 2.86. The van der Waals surface area contributed by atoms with Gasteiger partial charge < -0.3 is 4.90 Å². The first-order valence-corrected chi connectivity index (χ1v) is 5.24. The van der Waals surface area contributed by atoms with Crippen molar-refractivity contribution in [2.75, 3.05) is 13.1 Å². The van der Waals surface area contributed by atoms with Crippen LogP contribution in [0, 0.1) is 17.2 Å². The highest BCUT2D eigenvalue weighted by molar-refractivity contribution is 6.39. The Kier molecular flexibility index (Phi) is 2.77. The first-order chi connectivity index (χ1) is 7.54. The molecule has 1 aliphatic rings. The van der Waals surface area contributed by atoms with E-state index in [1.165, 1.54) is 0 Å². The normalized spacial score (nSPS) is 17.8. The Morgan fingerprint density at radius 2 is 2.19 bits per heavy atom. The highest BCUT2D eigenvalue weighted by Crippen LogP contribution is 2.28. The minimum absolute atomic E-state index is 0.339. The minimum atomic E-state index is -1.07. The zero-order chi connectivity index (χ0) is 11.8. The van der Waals surface area contributed by atoms with E-state index in [0.717, 1.165) is 13.1 Å². The standard InChI is InChI=1S/C11H11B2N3/c1-8-6-16(7-8)11(12,13)10-4-2-3-9(5-14)15-10/h2-4,8H,6-7H2,1H3. The second-order valence-electron chi connectivity index (χ2n) is 4.36. The van der Waals surface area contributed by atoms with Crippen molar-refractivity contribution in [1.82, 2.24) is 9.88 Å². The smallest absolute Gasteiger partial charge is 0.140 e. The molecule has 0 bridgehead atoms. The quantitative estimate of drug-likeness (QED) is 0.656. The van der Waals surface area contributed by atoms with Crippen LogP contribution >= 0.6 is 0 Å². The molecule has 1 aliphatic heterocycles. The van der Waals surface area contributed by atoms with Crippen LogP contribution in [0.1, 0.15) is 18.3 Å². The average Bonchev–Trinajstić information content (AvgIpc) is 2.25. The first-order valence-electron chi connectivity index (χ1n) is 5.24. The van der Waals surface area contributed by atoms with Crippen molar-refractivity contribution in [3.05, 3.63) is 29.6 Å². The van der Waals surface area contributed by atoms with Crippen molar-refractivity contribution in [2.24, 2.45) is 5.92 Å². The molecule has 0 N–H and O–H groups in total. The Balaban J connectivity index is 2.25. The Hall–Kier alpha value is -1.27. The van der Waals surface area contributed by atoms with Gasteiger partial charge in [-0.3, -0.25) is 0 Å². The van der Waals surface area contributed by atoms with Crippen LogP contribution < -0.4 is 0 Å². The summed E-state index contributed by atoms with van der Waals surface area (Å²) >= 11 is 0. The second-order valence-corrected chi connectivity index (χ2v) is 4.36. The average molecular weight is 207 g/mol. The molecule has 2 heterocycles. The molecule has 4 radical (unpaired) electrons. The third kappa shape index (κ3) is 1.85. The third-order valence-electron chi connectivity index (χ3n) is 2.86. The van der Waals surface area contributed by atoms with E-state index in [-0.39, 0.29) is 0 Å². The molecule has 0 unspecified atom stereocenters. The van der Waals surface area contributed by atoms with Crippen LogP contribution in [0.4, 0.5) is 0 Å². The van der Waals surface area contributed by atoms with E-state index >= 15 is 0 Å². The predicted molar refractivity (Wildman–Crippen MR) is 62.9 cm³/mol. The molecule has 0 spiro atoms. The van der Waals surface area contributed by atoms with Crippen LogP contribution in [0.15, 0.2) is 18.2 Å². The number of nitrogens with zero attached hydrogens (tertiary/aromatic N) is 3. The largest absolute Gasteiger partial charge is 0.308 e. The second kappa shape index (κ2) is 3.95. The molecule has 2 rings (SSSR count). The van der Waals surface area contributed by atoms with Crippen molar-refractivity contribution < 1.29 is 0 Å². The number of pyridine rings is 1. The van der Waals surface area contributed by atoms with Gasteiger partial charge in [-0.05, 0) is 23.4 Å². The van der Waals surface area contributed by atoms with Crippen LogP contribution in [0.25, 0.3) is 0 Å². The monoisotopic (exact) mass is 207 g/mol. The maximum Gasteiger partial charge on any atom is 0.140 e. The van der Waals surface area contributed by atoms with Gasteiger partial charge in [0.25, 0.3) is 0 Å². The summed E-state index contributed by atoms with van der Waals surface area (Å²) in [6, 6.07) is 7.12. The zero-order valence-electron chi connectivity index (χ0n) is 9.22. The van der Waals surface area contributed by atoms with Gasteiger partial charge in [0.05, 0.1) is 15.7 Å². The van der Waals surface area contributed by atoms with Gasteiger partial charge >= 0.3 is 0 Å². The molecule has 16 heavy (non-hydrogen) atoms. The summed E-state index contributed by atoms with van der Waals surface area (Å²) < 4.78 is 0. The van der Waals surface area contributed by atoms with E-state index < -0.39 is 5.34 Å². The van der Waals surface area contributed by atoms with E-state index in [4.69, 9.17) is 21.0 Å². The Morgan fingerprint density at radius 1 is 1.50 bits per heavy atom. The van der Waals surface area contributed by atoms with Gasteiger partial charge in [0.2, 0.25) is 0 Å². The summed E-state index contributed by atoms with van der Waals surface area (Å²) in [7, 11) is 12.1.